The molecule has 1 N–H and O–H groups in total. The van der Waals surface area contributed by atoms with Crippen LogP contribution in [0.5, 0.6) is 5.88 Å². The number of rotatable bonds is 4. The van der Waals surface area contributed by atoms with Crippen LogP contribution >= 0.6 is 0 Å². The van der Waals surface area contributed by atoms with Gasteiger partial charge in [-0.05, 0) is 12.1 Å². The van der Waals surface area contributed by atoms with E-state index in [-0.39, 0.29) is 6.03 Å². The SMILES string of the molecule is CCN1CCN(C(=O)NCc2ccc(OC)nc2)CC1. The average Bonchev–Trinajstić information content (AvgIpc) is 2.53. The van der Waals surface area contributed by atoms with Gasteiger partial charge in [0.15, 0.2) is 0 Å². The lowest BCUT2D eigenvalue weighted by molar-refractivity contribution is 0.142. The van der Waals surface area contributed by atoms with Crippen LogP contribution in [0, 0.1) is 0 Å². The number of likely N-dealkylation sites (N-methyl/N-ethyl adjacent to an activating group) is 1. The number of amides is 2. The first kappa shape index (κ1) is 14.6. The van der Waals surface area contributed by atoms with Crippen LogP contribution in [0.2, 0.25) is 0 Å². The zero-order valence-corrected chi connectivity index (χ0v) is 12.1. The maximum atomic E-state index is 12.0. The number of pyridine rings is 1. The largest absolute Gasteiger partial charge is 0.481 e. The first-order chi connectivity index (χ1) is 9.72. The summed E-state index contributed by atoms with van der Waals surface area (Å²) in [5.41, 5.74) is 0.964. The molecule has 0 radical (unpaired) electrons. The lowest BCUT2D eigenvalue weighted by atomic mass is 10.3. The number of methoxy groups -OCH3 is 1. The Kier molecular flexibility index (Phi) is 5.17. The molecule has 2 rings (SSSR count). The smallest absolute Gasteiger partial charge is 0.317 e. The van der Waals surface area contributed by atoms with E-state index >= 15 is 0 Å². The molecule has 0 aliphatic carbocycles. The molecule has 0 saturated carbocycles. The van der Waals surface area contributed by atoms with Gasteiger partial charge in [-0.2, -0.15) is 0 Å². The molecule has 0 unspecified atom stereocenters. The molecule has 20 heavy (non-hydrogen) atoms. The number of piperazine rings is 1. The van der Waals surface area contributed by atoms with E-state index < -0.39 is 0 Å². The second kappa shape index (κ2) is 7.09. The van der Waals surface area contributed by atoms with E-state index in [0.717, 1.165) is 38.3 Å². The van der Waals surface area contributed by atoms with Gasteiger partial charge in [0.05, 0.1) is 7.11 Å². The second-order valence-electron chi connectivity index (χ2n) is 4.79. The predicted molar refractivity (Wildman–Crippen MR) is 76.7 cm³/mol. The van der Waals surface area contributed by atoms with Crippen LogP contribution in [-0.4, -0.2) is 60.6 Å². The number of hydrogen-bond acceptors (Lipinski definition) is 4. The Balaban J connectivity index is 1.77. The van der Waals surface area contributed by atoms with Crippen molar-refractivity contribution in [1.82, 2.24) is 20.1 Å². The lowest BCUT2D eigenvalue weighted by Gasteiger charge is -2.34. The topological polar surface area (TPSA) is 57.7 Å². The van der Waals surface area contributed by atoms with E-state index in [9.17, 15) is 4.79 Å². The molecule has 2 amide bonds. The summed E-state index contributed by atoms with van der Waals surface area (Å²) in [7, 11) is 1.58. The molecule has 2 heterocycles. The molecular formula is C14H22N4O2. The molecule has 1 fully saturated rings. The van der Waals surface area contributed by atoms with Crippen LogP contribution in [0.4, 0.5) is 4.79 Å². The Bertz CT molecular complexity index is 427. The maximum Gasteiger partial charge on any atom is 0.317 e. The van der Waals surface area contributed by atoms with Gasteiger partial charge < -0.3 is 19.9 Å². The van der Waals surface area contributed by atoms with Crippen molar-refractivity contribution < 1.29 is 9.53 Å². The van der Waals surface area contributed by atoms with Gasteiger partial charge in [-0.15, -0.1) is 0 Å². The number of carbonyl (C=O) groups excluding carboxylic acids is 1. The zero-order chi connectivity index (χ0) is 14.4. The fourth-order valence-electron chi connectivity index (χ4n) is 2.19. The predicted octanol–water partition coefficient (Wildman–Crippen LogP) is 0.937. The van der Waals surface area contributed by atoms with E-state index in [0.29, 0.717) is 12.4 Å². The highest BCUT2D eigenvalue weighted by atomic mass is 16.5. The van der Waals surface area contributed by atoms with Crippen molar-refractivity contribution >= 4 is 6.03 Å². The molecule has 1 aliphatic rings. The molecule has 1 aromatic heterocycles. The van der Waals surface area contributed by atoms with Crippen LogP contribution in [0.3, 0.4) is 0 Å². The van der Waals surface area contributed by atoms with Crippen molar-refractivity contribution in [3.05, 3.63) is 23.9 Å². The molecule has 0 aromatic carbocycles. The van der Waals surface area contributed by atoms with Crippen molar-refractivity contribution in [3.63, 3.8) is 0 Å². The summed E-state index contributed by atoms with van der Waals surface area (Å²) in [5.74, 6) is 0.579. The molecule has 0 bridgehead atoms. The highest BCUT2D eigenvalue weighted by Crippen LogP contribution is 2.07. The third kappa shape index (κ3) is 3.84. The maximum absolute atomic E-state index is 12.0. The van der Waals surface area contributed by atoms with Crippen LogP contribution in [0.1, 0.15) is 12.5 Å². The molecule has 110 valence electrons. The highest BCUT2D eigenvalue weighted by Gasteiger charge is 2.19. The van der Waals surface area contributed by atoms with E-state index in [1.165, 1.54) is 0 Å². The van der Waals surface area contributed by atoms with Crippen LogP contribution in [-0.2, 0) is 6.54 Å². The number of hydrogen-bond donors (Lipinski definition) is 1. The third-order valence-corrected chi connectivity index (χ3v) is 3.56. The van der Waals surface area contributed by atoms with Crippen molar-refractivity contribution in [1.29, 1.82) is 0 Å². The number of urea groups is 1. The van der Waals surface area contributed by atoms with Gasteiger partial charge in [-0.25, -0.2) is 9.78 Å². The number of nitrogens with one attached hydrogen (secondary N) is 1. The Morgan fingerprint density at radius 3 is 2.65 bits per heavy atom. The number of ether oxygens (including phenoxy) is 1. The quantitative estimate of drug-likeness (QED) is 0.890. The summed E-state index contributed by atoms with van der Waals surface area (Å²) >= 11 is 0. The Morgan fingerprint density at radius 2 is 2.10 bits per heavy atom. The summed E-state index contributed by atoms with van der Waals surface area (Å²) in [6.07, 6.45) is 1.72. The van der Waals surface area contributed by atoms with Crippen LogP contribution < -0.4 is 10.1 Å². The van der Waals surface area contributed by atoms with Gasteiger partial charge in [0, 0.05) is 45.0 Å². The van der Waals surface area contributed by atoms with Gasteiger partial charge in [0.2, 0.25) is 5.88 Å². The van der Waals surface area contributed by atoms with Crippen molar-refractivity contribution in [2.24, 2.45) is 0 Å². The van der Waals surface area contributed by atoms with Crippen LogP contribution in [0.25, 0.3) is 0 Å². The highest BCUT2D eigenvalue weighted by molar-refractivity contribution is 5.74. The lowest BCUT2D eigenvalue weighted by Crippen LogP contribution is -2.51. The van der Waals surface area contributed by atoms with Crippen molar-refractivity contribution in [2.75, 3.05) is 39.8 Å². The minimum Gasteiger partial charge on any atom is -0.481 e. The number of nitrogens with zero attached hydrogens (tertiary/aromatic N) is 3. The molecular weight excluding hydrogens is 256 g/mol. The molecule has 6 nitrogen and oxygen atoms in total. The summed E-state index contributed by atoms with van der Waals surface area (Å²) in [6, 6.07) is 3.69. The van der Waals surface area contributed by atoms with E-state index in [2.05, 4.69) is 22.1 Å². The third-order valence-electron chi connectivity index (χ3n) is 3.56. The molecule has 1 saturated heterocycles. The Labute approximate surface area is 119 Å². The monoisotopic (exact) mass is 278 g/mol. The Hall–Kier alpha value is -1.82. The van der Waals surface area contributed by atoms with E-state index in [1.807, 2.05) is 11.0 Å². The fourth-order valence-corrected chi connectivity index (χ4v) is 2.19. The minimum absolute atomic E-state index is 0.00317. The molecule has 6 heteroatoms. The van der Waals surface area contributed by atoms with Crippen molar-refractivity contribution in [2.45, 2.75) is 13.5 Å². The first-order valence-corrected chi connectivity index (χ1v) is 6.97. The number of carbonyl (C=O) groups is 1. The minimum atomic E-state index is -0.00317. The normalized spacial score (nSPS) is 16.0. The molecule has 1 aliphatic heterocycles. The standard InChI is InChI=1S/C14H22N4O2/c1-3-17-6-8-18(9-7-17)14(19)16-11-12-4-5-13(20-2)15-10-12/h4-5,10H,3,6-9,11H2,1-2H3,(H,16,19). The zero-order valence-electron chi connectivity index (χ0n) is 12.1. The van der Waals surface area contributed by atoms with Gasteiger partial charge >= 0.3 is 6.03 Å². The second-order valence-corrected chi connectivity index (χ2v) is 4.79. The van der Waals surface area contributed by atoms with Gasteiger partial charge in [0.25, 0.3) is 0 Å². The summed E-state index contributed by atoms with van der Waals surface area (Å²) in [5, 5.41) is 2.93. The molecule has 0 spiro atoms. The fraction of sp³-hybridized carbons (Fsp3) is 0.571. The van der Waals surface area contributed by atoms with Gasteiger partial charge in [0.1, 0.15) is 0 Å². The van der Waals surface area contributed by atoms with Gasteiger partial charge in [-0.3, -0.25) is 0 Å². The average molecular weight is 278 g/mol. The number of aromatic nitrogens is 1. The van der Waals surface area contributed by atoms with Crippen LogP contribution in [0.15, 0.2) is 18.3 Å². The summed E-state index contributed by atoms with van der Waals surface area (Å²) < 4.78 is 5.00. The summed E-state index contributed by atoms with van der Waals surface area (Å²) in [6.45, 7) is 7.17. The summed E-state index contributed by atoms with van der Waals surface area (Å²) in [4.78, 5) is 20.4. The molecule has 1 aromatic rings. The van der Waals surface area contributed by atoms with Gasteiger partial charge in [-0.1, -0.05) is 13.0 Å². The van der Waals surface area contributed by atoms with Crippen molar-refractivity contribution in [3.8, 4) is 5.88 Å². The van der Waals surface area contributed by atoms with E-state index in [1.54, 1.807) is 19.4 Å². The Morgan fingerprint density at radius 1 is 1.35 bits per heavy atom. The first-order valence-electron chi connectivity index (χ1n) is 6.97. The molecule has 0 atom stereocenters. The van der Waals surface area contributed by atoms with E-state index in [4.69, 9.17) is 4.74 Å².